The largest absolute Gasteiger partial charge is 0.315 e. The number of rotatable bonds is 0. The molecule has 3 heterocycles. The molecule has 68 valence electrons. The molecule has 1 aliphatic rings. The van der Waals surface area contributed by atoms with Gasteiger partial charge in [-0.3, -0.25) is 4.99 Å². The molecule has 2 nitrogen and oxygen atoms in total. The van der Waals surface area contributed by atoms with Crippen LogP contribution in [0, 0.1) is 0 Å². The maximum absolute atomic E-state index is 4.37. The van der Waals surface area contributed by atoms with Crippen molar-refractivity contribution in [3.8, 4) is 0 Å². The Bertz CT molecular complexity index is 622. The second kappa shape index (κ2) is 3.03. The molecule has 0 atom stereocenters. The molecule has 0 aromatic carbocycles. The van der Waals surface area contributed by atoms with Gasteiger partial charge < -0.3 is 4.40 Å². The van der Waals surface area contributed by atoms with Crippen LogP contribution in [-0.4, -0.2) is 4.40 Å². The van der Waals surface area contributed by atoms with Crippen molar-refractivity contribution in [1.29, 1.82) is 0 Å². The van der Waals surface area contributed by atoms with Gasteiger partial charge >= 0.3 is 0 Å². The van der Waals surface area contributed by atoms with E-state index in [2.05, 4.69) is 33.1 Å². The lowest BCUT2D eigenvalue weighted by Gasteiger charge is -1.91. The Balaban J connectivity index is 2.57. The fraction of sp³-hybridized carbons (Fsp3) is 0. The predicted molar refractivity (Wildman–Crippen MR) is 59.4 cm³/mol. The summed E-state index contributed by atoms with van der Waals surface area (Å²) in [5.41, 5.74) is 1.19. The van der Waals surface area contributed by atoms with Crippen LogP contribution in [0.25, 0.3) is 10.9 Å². The van der Waals surface area contributed by atoms with Crippen molar-refractivity contribution in [3.05, 3.63) is 52.8 Å². The van der Waals surface area contributed by atoms with Crippen molar-refractivity contribution in [2.75, 3.05) is 0 Å². The van der Waals surface area contributed by atoms with E-state index < -0.39 is 0 Å². The summed E-state index contributed by atoms with van der Waals surface area (Å²) in [6.45, 7) is 0. The lowest BCUT2D eigenvalue weighted by molar-refractivity contribution is 1.12. The molecule has 0 fully saturated rings. The third kappa shape index (κ3) is 1.09. The minimum absolute atomic E-state index is 1.04. The number of nitrogens with zero attached hydrogens (tertiary/aromatic N) is 2. The van der Waals surface area contributed by atoms with Gasteiger partial charge in [0.2, 0.25) is 0 Å². The first-order chi connectivity index (χ1) is 6.95. The van der Waals surface area contributed by atoms with Crippen LogP contribution in [0.15, 0.2) is 47.1 Å². The maximum atomic E-state index is 4.37. The average Bonchev–Trinajstić information content (AvgIpc) is 2.42. The van der Waals surface area contributed by atoms with Gasteiger partial charge in [0, 0.05) is 23.3 Å². The first-order valence-corrected chi connectivity index (χ1v) is 5.34. The molecule has 0 saturated carbocycles. The number of pyridine rings is 1. The summed E-state index contributed by atoms with van der Waals surface area (Å²) in [5.74, 6) is 0. The van der Waals surface area contributed by atoms with Gasteiger partial charge in [-0.05, 0) is 23.6 Å². The lowest BCUT2D eigenvalue weighted by atomic mass is 10.4. The SMILES string of the molecule is C1=CSC=c2c(cc3ccccn23)=N1. The second-order valence-electron chi connectivity index (χ2n) is 3.08. The van der Waals surface area contributed by atoms with Crippen molar-refractivity contribution >= 4 is 22.7 Å². The number of hydrogen-bond acceptors (Lipinski definition) is 2. The van der Waals surface area contributed by atoms with E-state index in [-0.39, 0.29) is 0 Å². The average molecular weight is 200 g/mol. The smallest absolute Gasteiger partial charge is 0.0896 e. The maximum Gasteiger partial charge on any atom is 0.0896 e. The highest BCUT2D eigenvalue weighted by Crippen LogP contribution is 2.05. The first kappa shape index (κ1) is 7.88. The van der Waals surface area contributed by atoms with E-state index in [1.807, 2.05) is 23.7 Å². The van der Waals surface area contributed by atoms with Gasteiger partial charge in [-0.2, -0.15) is 0 Å². The lowest BCUT2D eigenvalue weighted by Crippen LogP contribution is -2.24. The molecular formula is C11H8N2S. The topological polar surface area (TPSA) is 16.8 Å². The highest BCUT2D eigenvalue weighted by molar-refractivity contribution is 8.09. The second-order valence-corrected chi connectivity index (χ2v) is 3.86. The monoisotopic (exact) mass is 200 g/mol. The van der Waals surface area contributed by atoms with Crippen LogP contribution in [0.5, 0.6) is 0 Å². The van der Waals surface area contributed by atoms with E-state index in [9.17, 15) is 0 Å². The van der Waals surface area contributed by atoms with Crippen LogP contribution in [0.2, 0.25) is 0 Å². The highest BCUT2D eigenvalue weighted by atomic mass is 32.2. The number of aromatic nitrogens is 1. The Hall–Kier alpha value is -1.48. The van der Waals surface area contributed by atoms with Gasteiger partial charge in [-0.25, -0.2) is 0 Å². The van der Waals surface area contributed by atoms with E-state index in [4.69, 9.17) is 0 Å². The summed E-state index contributed by atoms with van der Waals surface area (Å²) < 4.78 is 2.15. The van der Waals surface area contributed by atoms with E-state index >= 15 is 0 Å². The van der Waals surface area contributed by atoms with Crippen LogP contribution < -0.4 is 10.7 Å². The minimum atomic E-state index is 1.04. The zero-order chi connectivity index (χ0) is 9.38. The van der Waals surface area contributed by atoms with Crippen LogP contribution in [0.1, 0.15) is 0 Å². The standard InChI is InChI=1S/C11H8N2S/c1-2-5-13-9(3-1)7-10-11(13)8-14-6-4-12-10/h1-8H. The molecule has 14 heavy (non-hydrogen) atoms. The van der Waals surface area contributed by atoms with Crippen molar-refractivity contribution < 1.29 is 0 Å². The molecule has 1 aliphatic heterocycles. The summed E-state index contributed by atoms with van der Waals surface area (Å²) in [6, 6.07) is 8.26. The molecule has 0 amide bonds. The highest BCUT2D eigenvalue weighted by Gasteiger charge is 1.98. The minimum Gasteiger partial charge on any atom is -0.315 e. The van der Waals surface area contributed by atoms with E-state index in [0.29, 0.717) is 0 Å². The Morgan fingerprint density at radius 3 is 3.29 bits per heavy atom. The van der Waals surface area contributed by atoms with Crippen LogP contribution in [0.3, 0.4) is 0 Å². The zero-order valence-electron chi connectivity index (χ0n) is 7.42. The van der Waals surface area contributed by atoms with Crippen molar-refractivity contribution in [2.45, 2.75) is 0 Å². The van der Waals surface area contributed by atoms with Crippen LogP contribution >= 0.6 is 11.8 Å². The summed E-state index contributed by atoms with van der Waals surface area (Å²) in [7, 11) is 0. The van der Waals surface area contributed by atoms with Gasteiger partial charge in [0.15, 0.2) is 0 Å². The van der Waals surface area contributed by atoms with E-state index in [1.54, 1.807) is 11.8 Å². The fourth-order valence-corrected chi connectivity index (χ4v) is 2.17. The Morgan fingerprint density at radius 1 is 1.29 bits per heavy atom. The molecular weight excluding hydrogens is 192 g/mol. The third-order valence-electron chi connectivity index (χ3n) is 2.23. The van der Waals surface area contributed by atoms with Crippen molar-refractivity contribution in [2.24, 2.45) is 4.99 Å². The normalized spacial score (nSPS) is 14.3. The Morgan fingerprint density at radius 2 is 2.29 bits per heavy atom. The van der Waals surface area contributed by atoms with Gasteiger partial charge in [0.05, 0.1) is 10.7 Å². The van der Waals surface area contributed by atoms with E-state index in [1.165, 1.54) is 5.52 Å². The summed E-state index contributed by atoms with van der Waals surface area (Å²) in [6.07, 6.45) is 3.90. The van der Waals surface area contributed by atoms with Crippen LogP contribution in [0.4, 0.5) is 0 Å². The molecule has 0 radical (unpaired) electrons. The molecule has 3 heteroatoms. The van der Waals surface area contributed by atoms with E-state index in [0.717, 1.165) is 10.7 Å². The van der Waals surface area contributed by atoms with Gasteiger partial charge in [-0.1, -0.05) is 6.07 Å². The molecule has 0 bridgehead atoms. The molecule has 0 N–H and O–H groups in total. The molecule has 0 spiro atoms. The molecule has 0 aliphatic carbocycles. The predicted octanol–water partition coefficient (Wildman–Crippen LogP) is 1.51. The van der Waals surface area contributed by atoms with Gasteiger partial charge in [-0.15, -0.1) is 11.8 Å². The first-order valence-electron chi connectivity index (χ1n) is 4.40. The van der Waals surface area contributed by atoms with Gasteiger partial charge in [0.1, 0.15) is 0 Å². The quantitative estimate of drug-likeness (QED) is 0.630. The Kier molecular flexibility index (Phi) is 1.70. The molecule has 2 aromatic rings. The number of thioether (sulfide) groups is 1. The third-order valence-corrected chi connectivity index (χ3v) is 2.87. The summed E-state index contributed by atoms with van der Waals surface area (Å²) in [5, 5.41) is 6.30. The zero-order valence-corrected chi connectivity index (χ0v) is 8.24. The van der Waals surface area contributed by atoms with Gasteiger partial charge in [0.25, 0.3) is 0 Å². The summed E-state index contributed by atoms with van der Waals surface area (Å²) in [4.78, 5) is 4.37. The van der Waals surface area contributed by atoms with Crippen molar-refractivity contribution in [3.63, 3.8) is 0 Å². The van der Waals surface area contributed by atoms with Crippen LogP contribution in [-0.2, 0) is 0 Å². The van der Waals surface area contributed by atoms with Crippen molar-refractivity contribution in [1.82, 2.24) is 4.40 Å². The Labute approximate surface area is 85.3 Å². The molecule has 2 aromatic heterocycles. The molecule has 0 unspecified atom stereocenters. The fourth-order valence-electron chi connectivity index (χ4n) is 1.60. The molecule has 3 rings (SSSR count). The molecule has 0 saturated heterocycles. The summed E-state index contributed by atoms with van der Waals surface area (Å²) >= 11 is 1.66. The number of fused-ring (bicyclic) bond motifs is 3. The number of hydrogen-bond donors (Lipinski definition) is 0.